The molecule has 2 aromatic rings. The van der Waals surface area contributed by atoms with Gasteiger partial charge in [0.2, 0.25) is 5.91 Å². The van der Waals surface area contributed by atoms with Crippen molar-refractivity contribution >= 4 is 23.6 Å². The summed E-state index contributed by atoms with van der Waals surface area (Å²) < 4.78 is 5.45. The fourth-order valence-electron chi connectivity index (χ4n) is 4.55. The molecule has 2 rings (SSSR count). The Morgan fingerprint density at radius 2 is 1.60 bits per heavy atom. The van der Waals surface area contributed by atoms with Crippen LogP contribution >= 0.6 is 0 Å². The second kappa shape index (κ2) is 14.2. The van der Waals surface area contributed by atoms with Crippen molar-refractivity contribution in [2.75, 3.05) is 11.9 Å². The van der Waals surface area contributed by atoms with Crippen LogP contribution in [-0.2, 0) is 14.3 Å². The molecule has 0 radical (unpaired) electrons. The Kier molecular flexibility index (Phi) is 11.6. The number of nitrogens with one attached hydrogen (secondary N) is 2. The summed E-state index contributed by atoms with van der Waals surface area (Å²) in [6, 6.07) is 8.81. The van der Waals surface area contributed by atoms with Crippen LogP contribution in [0, 0.1) is 26.7 Å². The topological polar surface area (TPSA) is 108 Å². The number of aryl methyl sites for hydroxylation is 3. The number of para-hydroxylation sites is 1. The molecule has 0 spiro atoms. The number of anilines is 1. The highest BCUT2D eigenvalue weighted by molar-refractivity contribution is 6.00. The molecule has 0 heterocycles. The molecule has 2 aromatic carbocycles. The number of alkyl carbamates (subject to hydrolysis) is 1. The van der Waals surface area contributed by atoms with E-state index < -0.39 is 23.8 Å². The molecular formula is C32H47N3O5. The largest absolute Gasteiger partial charge is 0.508 e. The number of carbonyl (C=O) groups is 3. The minimum Gasteiger partial charge on any atom is -0.508 e. The number of hydrogen-bond acceptors (Lipinski definition) is 5. The Morgan fingerprint density at radius 3 is 2.12 bits per heavy atom. The lowest BCUT2D eigenvalue weighted by molar-refractivity contribution is -0.141. The van der Waals surface area contributed by atoms with Crippen molar-refractivity contribution in [1.82, 2.24) is 10.2 Å². The second-order valence-corrected chi connectivity index (χ2v) is 11.8. The fourth-order valence-corrected chi connectivity index (χ4v) is 4.55. The average Bonchev–Trinajstić information content (AvgIpc) is 2.84. The molecule has 0 aromatic heterocycles. The number of unbranched alkanes of at least 4 members (excludes halogenated alkanes) is 2. The Bertz CT molecular complexity index is 1170. The number of nitrogens with zero attached hydrogens (tertiary/aromatic N) is 1. The minimum absolute atomic E-state index is 0.105. The first kappa shape index (κ1) is 32.7. The highest BCUT2D eigenvalue weighted by atomic mass is 16.6. The summed E-state index contributed by atoms with van der Waals surface area (Å²) in [7, 11) is 0. The normalized spacial score (nSPS) is 12.9. The van der Waals surface area contributed by atoms with E-state index in [1.165, 1.54) is 6.07 Å². The lowest BCUT2D eigenvalue weighted by atomic mass is 9.97. The van der Waals surface area contributed by atoms with E-state index in [4.69, 9.17) is 4.74 Å². The van der Waals surface area contributed by atoms with Gasteiger partial charge < -0.3 is 25.4 Å². The third-order valence-electron chi connectivity index (χ3n) is 6.72. The lowest BCUT2D eigenvalue weighted by Gasteiger charge is -2.36. The molecule has 0 aliphatic rings. The van der Waals surface area contributed by atoms with E-state index in [0.717, 1.165) is 24.0 Å². The number of phenolic OH excluding ortho intramolecular Hbond substituents is 1. The van der Waals surface area contributed by atoms with Gasteiger partial charge in [0.1, 0.15) is 23.4 Å². The summed E-state index contributed by atoms with van der Waals surface area (Å²) in [6.45, 7) is 17.0. The molecule has 8 nitrogen and oxygen atoms in total. The summed E-state index contributed by atoms with van der Waals surface area (Å²) in [5.74, 6) is -0.901. The Morgan fingerprint density at radius 1 is 0.975 bits per heavy atom. The molecule has 3 N–H and O–H groups in total. The Balaban J connectivity index is 2.61. The standard InChI is InChI=1S/C32H47N3O5/c1-10-11-12-18-35(30(38)26(20(2)3)34-31(39)40-32(7,8)9)28(24-16-17-25(36)23(6)19-24)29(37)33-27-21(4)14-13-15-22(27)5/h13-17,19-20,26,28,36H,10-12,18H2,1-9H3,(H,33,37)(H,34,39). The Labute approximate surface area is 239 Å². The van der Waals surface area contributed by atoms with Crippen LogP contribution in [0.2, 0.25) is 0 Å². The maximum Gasteiger partial charge on any atom is 0.408 e. The van der Waals surface area contributed by atoms with E-state index >= 15 is 0 Å². The molecule has 0 bridgehead atoms. The van der Waals surface area contributed by atoms with Crippen LogP contribution in [0.3, 0.4) is 0 Å². The second-order valence-electron chi connectivity index (χ2n) is 11.8. The van der Waals surface area contributed by atoms with E-state index in [-0.39, 0.29) is 23.5 Å². The van der Waals surface area contributed by atoms with E-state index in [2.05, 4.69) is 17.6 Å². The lowest BCUT2D eigenvalue weighted by Crippen LogP contribution is -2.54. The van der Waals surface area contributed by atoms with Crippen LogP contribution in [0.4, 0.5) is 10.5 Å². The van der Waals surface area contributed by atoms with Gasteiger partial charge in [-0.2, -0.15) is 0 Å². The van der Waals surface area contributed by atoms with Crippen LogP contribution < -0.4 is 10.6 Å². The molecule has 220 valence electrons. The predicted molar refractivity (Wildman–Crippen MR) is 159 cm³/mol. The number of amides is 3. The van der Waals surface area contributed by atoms with Crippen molar-refractivity contribution in [3.63, 3.8) is 0 Å². The molecule has 0 saturated carbocycles. The van der Waals surface area contributed by atoms with Crippen molar-refractivity contribution in [2.24, 2.45) is 5.92 Å². The number of carbonyl (C=O) groups excluding carboxylic acids is 3. The first-order chi connectivity index (χ1) is 18.7. The summed E-state index contributed by atoms with van der Waals surface area (Å²) in [5, 5.41) is 16.0. The molecule has 8 heteroatoms. The SMILES string of the molecule is CCCCCN(C(=O)C(NC(=O)OC(C)(C)C)C(C)C)C(C(=O)Nc1c(C)cccc1C)c1ccc(O)c(C)c1. The molecule has 3 amide bonds. The van der Waals surface area contributed by atoms with Crippen molar-refractivity contribution < 1.29 is 24.2 Å². The van der Waals surface area contributed by atoms with Crippen LogP contribution in [0.5, 0.6) is 5.75 Å². The van der Waals surface area contributed by atoms with Crippen LogP contribution in [0.1, 0.15) is 89.1 Å². The van der Waals surface area contributed by atoms with Gasteiger partial charge in [0, 0.05) is 12.2 Å². The zero-order valence-electron chi connectivity index (χ0n) is 25.6. The number of rotatable bonds is 11. The van der Waals surface area contributed by atoms with Gasteiger partial charge in [0.05, 0.1) is 0 Å². The molecule has 40 heavy (non-hydrogen) atoms. The summed E-state index contributed by atoms with van der Waals surface area (Å²) in [6.07, 6.45) is 1.80. The quantitative estimate of drug-likeness (QED) is 0.273. The van der Waals surface area contributed by atoms with E-state index in [9.17, 15) is 19.5 Å². The van der Waals surface area contributed by atoms with E-state index in [1.54, 1.807) is 44.7 Å². The van der Waals surface area contributed by atoms with Gasteiger partial charge in [0.15, 0.2) is 0 Å². The summed E-state index contributed by atoms with van der Waals surface area (Å²) in [5.41, 5.74) is 2.95. The number of aromatic hydroxyl groups is 1. The van der Waals surface area contributed by atoms with Crippen molar-refractivity contribution in [2.45, 2.75) is 99.3 Å². The zero-order chi connectivity index (χ0) is 30.2. The molecule has 2 unspecified atom stereocenters. The monoisotopic (exact) mass is 553 g/mol. The van der Waals surface area contributed by atoms with Gasteiger partial charge in [-0.1, -0.05) is 57.9 Å². The highest BCUT2D eigenvalue weighted by Crippen LogP contribution is 2.30. The Hall–Kier alpha value is -3.55. The number of benzene rings is 2. The number of hydrogen-bond donors (Lipinski definition) is 3. The first-order valence-corrected chi connectivity index (χ1v) is 14.1. The molecule has 0 saturated heterocycles. The molecule has 2 atom stereocenters. The predicted octanol–water partition coefficient (Wildman–Crippen LogP) is 6.57. The van der Waals surface area contributed by atoms with E-state index in [1.807, 2.05) is 45.9 Å². The average molecular weight is 554 g/mol. The van der Waals surface area contributed by atoms with Gasteiger partial charge in [0.25, 0.3) is 5.91 Å². The van der Waals surface area contributed by atoms with Gasteiger partial charge in [-0.15, -0.1) is 0 Å². The maximum absolute atomic E-state index is 14.3. The van der Waals surface area contributed by atoms with Gasteiger partial charge >= 0.3 is 6.09 Å². The van der Waals surface area contributed by atoms with Gasteiger partial charge in [-0.3, -0.25) is 9.59 Å². The molecule has 0 fully saturated rings. The molecular weight excluding hydrogens is 506 g/mol. The van der Waals surface area contributed by atoms with Crippen LogP contribution in [0.25, 0.3) is 0 Å². The van der Waals surface area contributed by atoms with Crippen molar-refractivity contribution in [3.8, 4) is 5.75 Å². The van der Waals surface area contributed by atoms with Gasteiger partial charge in [-0.05, 0) is 88.3 Å². The summed E-state index contributed by atoms with van der Waals surface area (Å²) >= 11 is 0. The van der Waals surface area contributed by atoms with E-state index in [0.29, 0.717) is 29.8 Å². The molecule has 0 aliphatic carbocycles. The number of ether oxygens (including phenoxy) is 1. The zero-order valence-corrected chi connectivity index (χ0v) is 25.6. The van der Waals surface area contributed by atoms with Crippen molar-refractivity contribution in [3.05, 3.63) is 58.7 Å². The maximum atomic E-state index is 14.3. The van der Waals surface area contributed by atoms with Crippen LogP contribution in [-0.4, -0.2) is 46.1 Å². The third kappa shape index (κ3) is 9.00. The van der Waals surface area contributed by atoms with Crippen molar-refractivity contribution in [1.29, 1.82) is 0 Å². The van der Waals surface area contributed by atoms with Gasteiger partial charge in [-0.25, -0.2) is 4.79 Å². The fraction of sp³-hybridized carbons (Fsp3) is 0.531. The smallest absolute Gasteiger partial charge is 0.408 e. The highest BCUT2D eigenvalue weighted by Gasteiger charge is 2.37. The summed E-state index contributed by atoms with van der Waals surface area (Å²) in [4.78, 5) is 42.7. The first-order valence-electron chi connectivity index (χ1n) is 14.1. The van der Waals surface area contributed by atoms with Crippen LogP contribution in [0.15, 0.2) is 36.4 Å². The molecule has 0 aliphatic heterocycles. The minimum atomic E-state index is -0.996. The number of phenols is 1. The third-order valence-corrected chi connectivity index (χ3v) is 6.72.